The number of hydrogen-bond acceptors (Lipinski definition) is 3. The summed E-state index contributed by atoms with van der Waals surface area (Å²) in [4.78, 5) is 0. The summed E-state index contributed by atoms with van der Waals surface area (Å²) >= 11 is 0. The first-order chi connectivity index (χ1) is 6.31. The van der Waals surface area contributed by atoms with Crippen LogP contribution in [-0.4, -0.2) is 33.5 Å². The maximum atomic E-state index is 10.8. The van der Waals surface area contributed by atoms with Crippen molar-refractivity contribution in [3.63, 3.8) is 0 Å². The molecule has 0 bridgehead atoms. The molecule has 1 aliphatic rings. The number of rotatable bonds is 6. The summed E-state index contributed by atoms with van der Waals surface area (Å²) in [5.74, 6) is 1.09. The average molecular weight is 219 g/mol. The minimum atomic E-state index is -2.77. The number of sulfone groups is 1. The van der Waals surface area contributed by atoms with E-state index in [1.54, 1.807) is 0 Å². The lowest BCUT2D eigenvalue weighted by Gasteiger charge is -2.05. The van der Waals surface area contributed by atoms with Crippen LogP contribution in [-0.2, 0) is 9.84 Å². The zero-order valence-corrected chi connectivity index (χ0v) is 10.2. The van der Waals surface area contributed by atoms with Crippen molar-refractivity contribution in [2.24, 2.45) is 11.3 Å². The van der Waals surface area contributed by atoms with E-state index in [2.05, 4.69) is 19.2 Å². The summed E-state index contributed by atoms with van der Waals surface area (Å²) in [5.41, 5.74) is 0.518. The molecular weight excluding hydrogens is 198 g/mol. The lowest BCUT2D eigenvalue weighted by atomic mass is 10.1. The van der Waals surface area contributed by atoms with Gasteiger partial charge in [-0.25, -0.2) is 8.42 Å². The highest BCUT2D eigenvalue weighted by molar-refractivity contribution is 7.90. The van der Waals surface area contributed by atoms with Gasteiger partial charge in [0.15, 0.2) is 0 Å². The molecule has 1 N–H and O–H groups in total. The SMILES string of the molecule is CC1(C)CC1CNCCCS(C)(=O)=O. The fraction of sp³-hybridized carbons (Fsp3) is 1.00. The van der Waals surface area contributed by atoms with Crippen molar-refractivity contribution in [1.82, 2.24) is 5.32 Å². The molecule has 0 saturated heterocycles. The standard InChI is InChI=1S/C10H21NO2S/c1-10(2)7-9(10)8-11-5-4-6-14(3,12)13/h9,11H,4-8H2,1-3H3. The van der Waals surface area contributed by atoms with Crippen molar-refractivity contribution in [1.29, 1.82) is 0 Å². The molecule has 0 aliphatic heterocycles. The Morgan fingerprint density at radius 3 is 2.43 bits per heavy atom. The minimum Gasteiger partial charge on any atom is -0.316 e. The van der Waals surface area contributed by atoms with Gasteiger partial charge in [-0.3, -0.25) is 0 Å². The Morgan fingerprint density at radius 1 is 1.43 bits per heavy atom. The molecule has 0 aromatic heterocycles. The maximum Gasteiger partial charge on any atom is 0.147 e. The Morgan fingerprint density at radius 2 is 2.00 bits per heavy atom. The van der Waals surface area contributed by atoms with Gasteiger partial charge < -0.3 is 5.32 Å². The topological polar surface area (TPSA) is 46.2 Å². The third-order valence-electron chi connectivity index (χ3n) is 2.98. The number of hydrogen-bond donors (Lipinski definition) is 1. The van der Waals surface area contributed by atoms with Crippen LogP contribution in [0.25, 0.3) is 0 Å². The molecule has 14 heavy (non-hydrogen) atoms. The van der Waals surface area contributed by atoms with E-state index in [-0.39, 0.29) is 0 Å². The van der Waals surface area contributed by atoms with E-state index in [0.717, 1.165) is 25.4 Å². The second-order valence-corrected chi connectivity index (χ2v) is 7.34. The van der Waals surface area contributed by atoms with Crippen molar-refractivity contribution in [3.05, 3.63) is 0 Å². The van der Waals surface area contributed by atoms with Crippen molar-refractivity contribution < 1.29 is 8.42 Å². The van der Waals surface area contributed by atoms with Crippen molar-refractivity contribution in [2.45, 2.75) is 26.7 Å². The van der Waals surface area contributed by atoms with Gasteiger partial charge in [-0.15, -0.1) is 0 Å². The Balaban J connectivity index is 1.96. The van der Waals surface area contributed by atoms with Crippen LogP contribution in [0.5, 0.6) is 0 Å². The number of nitrogens with one attached hydrogen (secondary N) is 1. The van der Waals surface area contributed by atoms with E-state index in [9.17, 15) is 8.42 Å². The van der Waals surface area contributed by atoms with Gasteiger partial charge in [0.25, 0.3) is 0 Å². The molecule has 1 unspecified atom stereocenters. The molecular formula is C10H21NO2S. The van der Waals surface area contributed by atoms with Crippen LogP contribution in [0.1, 0.15) is 26.7 Å². The highest BCUT2D eigenvalue weighted by atomic mass is 32.2. The zero-order chi connectivity index (χ0) is 10.8. The van der Waals surface area contributed by atoms with Gasteiger partial charge in [0.1, 0.15) is 9.84 Å². The van der Waals surface area contributed by atoms with Gasteiger partial charge in [0.05, 0.1) is 5.75 Å². The first kappa shape index (κ1) is 12.0. The van der Waals surface area contributed by atoms with Crippen molar-refractivity contribution >= 4 is 9.84 Å². The second kappa shape index (κ2) is 4.19. The predicted octanol–water partition coefficient (Wildman–Crippen LogP) is 1.06. The molecule has 0 heterocycles. The summed E-state index contributed by atoms with van der Waals surface area (Å²) in [5, 5.41) is 3.31. The average Bonchev–Trinajstić information content (AvgIpc) is 2.56. The summed E-state index contributed by atoms with van der Waals surface area (Å²) in [6.07, 6.45) is 3.31. The summed E-state index contributed by atoms with van der Waals surface area (Å²) in [7, 11) is -2.77. The molecule has 1 rings (SSSR count). The molecule has 1 aliphatic carbocycles. The van der Waals surface area contributed by atoms with E-state index < -0.39 is 9.84 Å². The molecule has 0 radical (unpaired) electrons. The molecule has 0 spiro atoms. The van der Waals surface area contributed by atoms with Crippen molar-refractivity contribution in [2.75, 3.05) is 25.1 Å². The maximum absolute atomic E-state index is 10.8. The molecule has 1 fully saturated rings. The Bertz CT molecular complexity index is 282. The van der Waals surface area contributed by atoms with Gasteiger partial charge in [-0.1, -0.05) is 13.8 Å². The van der Waals surface area contributed by atoms with Gasteiger partial charge in [-0.05, 0) is 37.3 Å². The first-order valence-electron chi connectivity index (χ1n) is 5.20. The summed E-state index contributed by atoms with van der Waals surface area (Å²) in [6, 6.07) is 0. The second-order valence-electron chi connectivity index (χ2n) is 5.08. The molecule has 0 aromatic carbocycles. The highest BCUT2D eigenvalue weighted by Gasteiger charge is 2.44. The van der Waals surface area contributed by atoms with E-state index >= 15 is 0 Å². The van der Waals surface area contributed by atoms with Gasteiger partial charge in [-0.2, -0.15) is 0 Å². The predicted molar refractivity (Wildman–Crippen MR) is 59.1 cm³/mol. The van der Waals surface area contributed by atoms with Crippen LogP contribution in [0, 0.1) is 11.3 Å². The molecule has 4 heteroatoms. The van der Waals surface area contributed by atoms with Crippen LogP contribution >= 0.6 is 0 Å². The third kappa shape index (κ3) is 4.42. The quantitative estimate of drug-likeness (QED) is 0.679. The minimum absolute atomic E-state index is 0.300. The van der Waals surface area contributed by atoms with Gasteiger partial charge in [0.2, 0.25) is 0 Å². The Kier molecular flexibility index (Phi) is 3.58. The summed E-state index contributed by atoms with van der Waals surface area (Å²) < 4.78 is 21.6. The van der Waals surface area contributed by atoms with Crippen LogP contribution in [0.4, 0.5) is 0 Å². The van der Waals surface area contributed by atoms with Crippen LogP contribution < -0.4 is 5.32 Å². The molecule has 0 aromatic rings. The lowest BCUT2D eigenvalue weighted by molar-refractivity contribution is 0.518. The zero-order valence-electron chi connectivity index (χ0n) is 9.34. The van der Waals surface area contributed by atoms with Gasteiger partial charge >= 0.3 is 0 Å². The van der Waals surface area contributed by atoms with Crippen LogP contribution in [0.15, 0.2) is 0 Å². The smallest absolute Gasteiger partial charge is 0.147 e. The molecule has 1 saturated carbocycles. The third-order valence-corrected chi connectivity index (χ3v) is 4.01. The van der Waals surface area contributed by atoms with Crippen LogP contribution in [0.2, 0.25) is 0 Å². The molecule has 0 amide bonds. The van der Waals surface area contributed by atoms with E-state index in [1.165, 1.54) is 12.7 Å². The molecule has 3 nitrogen and oxygen atoms in total. The first-order valence-corrected chi connectivity index (χ1v) is 7.26. The fourth-order valence-electron chi connectivity index (χ4n) is 1.66. The van der Waals surface area contributed by atoms with Gasteiger partial charge in [0, 0.05) is 6.26 Å². The van der Waals surface area contributed by atoms with Crippen LogP contribution in [0.3, 0.4) is 0 Å². The fourth-order valence-corrected chi connectivity index (χ4v) is 2.33. The van der Waals surface area contributed by atoms with E-state index in [4.69, 9.17) is 0 Å². The van der Waals surface area contributed by atoms with E-state index in [1.807, 2.05) is 0 Å². The van der Waals surface area contributed by atoms with E-state index in [0.29, 0.717) is 11.2 Å². The molecule has 84 valence electrons. The summed E-state index contributed by atoms with van der Waals surface area (Å²) in [6.45, 7) is 6.40. The monoisotopic (exact) mass is 219 g/mol. The lowest BCUT2D eigenvalue weighted by Crippen LogP contribution is -2.21. The highest BCUT2D eigenvalue weighted by Crippen LogP contribution is 2.50. The molecule has 1 atom stereocenters. The normalized spacial score (nSPS) is 24.9. The largest absolute Gasteiger partial charge is 0.316 e. The Hall–Kier alpha value is -0.0900. The Labute approximate surface area is 87.2 Å². The van der Waals surface area contributed by atoms with Crippen molar-refractivity contribution in [3.8, 4) is 0 Å².